The van der Waals surface area contributed by atoms with Gasteiger partial charge in [-0.15, -0.1) is 0 Å². The second-order valence-electron chi connectivity index (χ2n) is 6.16. The molecular weight excluding hydrogens is 360 g/mol. The average molecular weight is 382 g/mol. The molecule has 0 aromatic heterocycles. The summed E-state index contributed by atoms with van der Waals surface area (Å²) >= 11 is 0. The third-order valence-electron chi connectivity index (χ3n) is 3.93. The number of rotatable bonds is 9. The summed E-state index contributed by atoms with van der Waals surface area (Å²) in [6.45, 7) is -0.142. The Kier molecular flexibility index (Phi) is 7.78. The summed E-state index contributed by atoms with van der Waals surface area (Å²) in [5.74, 6) is -1.55. The van der Waals surface area contributed by atoms with Gasteiger partial charge in [0.2, 0.25) is 5.91 Å². The van der Waals surface area contributed by atoms with Crippen molar-refractivity contribution in [2.75, 3.05) is 12.3 Å². The van der Waals surface area contributed by atoms with E-state index in [4.69, 9.17) is 5.26 Å². The molecule has 0 radical (unpaired) electrons. The van der Waals surface area contributed by atoms with Crippen LogP contribution in [0, 0.1) is 17.2 Å². The van der Waals surface area contributed by atoms with Crippen LogP contribution < -0.4 is 5.32 Å². The van der Waals surface area contributed by atoms with Crippen molar-refractivity contribution in [1.82, 2.24) is 5.32 Å². The van der Waals surface area contributed by atoms with Gasteiger partial charge < -0.3 is 5.32 Å². The Morgan fingerprint density at radius 1 is 1.07 bits per heavy atom. The zero-order valence-corrected chi connectivity index (χ0v) is 15.7. The monoisotopic (exact) mass is 382 g/mol. The van der Waals surface area contributed by atoms with Gasteiger partial charge in [0.25, 0.3) is 0 Å². The normalized spacial score (nSPS) is 12.4. The summed E-state index contributed by atoms with van der Waals surface area (Å²) in [7, 11) is -3.48. The Balaban J connectivity index is 2.08. The molecule has 2 aromatic rings. The predicted molar refractivity (Wildman–Crippen MR) is 106 cm³/mol. The minimum absolute atomic E-state index is 0.113. The molecule has 2 aromatic carbocycles. The second kappa shape index (κ2) is 10.3. The van der Waals surface area contributed by atoms with E-state index in [1.165, 1.54) is 0 Å². The highest BCUT2D eigenvalue weighted by Gasteiger charge is 2.24. The van der Waals surface area contributed by atoms with Crippen LogP contribution in [0.5, 0.6) is 0 Å². The van der Waals surface area contributed by atoms with Crippen LogP contribution in [0.1, 0.15) is 17.5 Å². The molecule has 0 aliphatic heterocycles. The van der Waals surface area contributed by atoms with Gasteiger partial charge in [0.05, 0.1) is 23.5 Å². The average Bonchev–Trinajstić information content (AvgIpc) is 2.66. The highest BCUT2D eigenvalue weighted by molar-refractivity contribution is 7.90. The van der Waals surface area contributed by atoms with Gasteiger partial charge in [0.15, 0.2) is 9.84 Å². The van der Waals surface area contributed by atoms with Gasteiger partial charge in [-0.25, -0.2) is 8.42 Å². The molecule has 1 N–H and O–H groups in total. The van der Waals surface area contributed by atoms with E-state index in [0.29, 0.717) is 5.56 Å². The van der Waals surface area contributed by atoms with Crippen molar-refractivity contribution in [3.8, 4) is 6.07 Å². The van der Waals surface area contributed by atoms with Gasteiger partial charge in [-0.05, 0) is 17.5 Å². The zero-order chi connectivity index (χ0) is 19.5. The summed E-state index contributed by atoms with van der Waals surface area (Å²) in [6, 6.07) is 20.3. The predicted octanol–water partition coefficient (Wildman–Crippen LogP) is 2.96. The molecule has 0 heterocycles. The molecule has 5 nitrogen and oxygen atoms in total. The Bertz CT molecular complexity index is 901. The summed E-state index contributed by atoms with van der Waals surface area (Å²) in [4.78, 5) is 12.3. The molecule has 2 rings (SSSR count). The zero-order valence-electron chi connectivity index (χ0n) is 14.9. The number of amides is 1. The number of benzene rings is 2. The number of hydrogen-bond donors (Lipinski definition) is 1. The van der Waals surface area contributed by atoms with Gasteiger partial charge in [0, 0.05) is 0 Å². The van der Waals surface area contributed by atoms with Crippen molar-refractivity contribution in [3.05, 3.63) is 77.9 Å². The summed E-state index contributed by atoms with van der Waals surface area (Å²) in [5.41, 5.74) is 1.66. The molecule has 0 bridgehead atoms. The van der Waals surface area contributed by atoms with E-state index >= 15 is 0 Å². The van der Waals surface area contributed by atoms with Crippen LogP contribution >= 0.6 is 0 Å². The summed E-state index contributed by atoms with van der Waals surface area (Å²) < 4.78 is 25.1. The maximum atomic E-state index is 12.6. The fourth-order valence-electron chi connectivity index (χ4n) is 2.65. The van der Waals surface area contributed by atoms with Crippen molar-refractivity contribution >= 4 is 21.8 Å². The first-order valence-corrected chi connectivity index (χ1v) is 10.4. The third kappa shape index (κ3) is 7.47. The van der Waals surface area contributed by atoms with E-state index < -0.39 is 21.7 Å². The number of carbonyl (C=O) groups excluding carboxylic acids is 1. The maximum absolute atomic E-state index is 12.6. The van der Waals surface area contributed by atoms with E-state index in [-0.39, 0.29) is 24.5 Å². The van der Waals surface area contributed by atoms with Crippen molar-refractivity contribution < 1.29 is 13.2 Å². The SMILES string of the molecule is N#CCNC(=O)C(CC=Cc1ccccc1)CS(=O)(=O)Cc1ccccc1. The number of nitrogens with zero attached hydrogens (tertiary/aromatic N) is 1. The van der Waals surface area contributed by atoms with Gasteiger partial charge >= 0.3 is 0 Å². The standard InChI is InChI=1S/C21H22N2O3S/c22-14-15-23-21(24)20(13-7-12-18-8-3-1-4-9-18)17-27(25,26)16-19-10-5-2-6-11-19/h1-12,20H,13,15-17H2,(H,23,24). The van der Waals surface area contributed by atoms with E-state index in [2.05, 4.69) is 5.32 Å². The summed E-state index contributed by atoms with van der Waals surface area (Å²) in [6.07, 6.45) is 3.93. The third-order valence-corrected chi connectivity index (χ3v) is 5.61. The number of hydrogen-bond acceptors (Lipinski definition) is 4. The fraction of sp³-hybridized carbons (Fsp3) is 0.238. The molecular formula is C21H22N2O3S. The first-order chi connectivity index (χ1) is 13.0. The highest BCUT2D eigenvalue weighted by atomic mass is 32.2. The first kappa shape index (κ1) is 20.4. The molecule has 0 aliphatic rings. The quantitative estimate of drug-likeness (QED) is 0.676. The molecule has 1 amide bonds. The van der Waals surface area contributed by atoms with E-state index in [1.54, 1.807) is 30.3 Å². The van der Waals surface area contributed by atoms with Crippen LogP contribution in [0.2, 0.25) is 0 Å². The molecule has 0 saturated carbocycles. The Morgan fingerprint density at radius 3 is 2.33 bits per heavy atom. The molecule has 140 valence electrons. The van der Waals surface area contributed by atoms with Crippen molar-refractivity contribution in [3.63, 3.8) is 0 Å². The van der Waals surface area contributed by atoms with Crippen molar-refractivity contribution in [2.24, 2.45) is 5.92 Å². The fourth-order valence-corrected chi connectivity index (χ4v) is 4.37. The smallest absolute Gasteiger partial charge is 0.225 e. The lowest BCUT2D eigenvalue weighted by Crippen LogP contribution is -2.35. The lowest BCUT2D eigenvalue weighted by atomic mass is 10.1. The van der Waals surface area contributed by atoms with Gasteiger partial charge in [0.1, 0.15) is 6.54 Å². The number of sulfone groups is 1. The number of allylic oxidation sites excluding steroid dienone is 1. The van der Waals surface area contributed by atoms with Crippen LogP contribution in [0.3, 0.4) is 0 Å². The molecule has 0 saturated heterocycles. The van der Waals surface area contributed by atoms with Gasteiger partial charge in [-0.1, -0.05) is 72.8 Å². The highest BCUT2D eigenvalue weighted by Crippen LogP contribution is 2.15. The topological polar surface area (TPSA) is 87.0 Å². The van der Waals surface area contributed by atoms with E-state index in [0.717, 1.165) is 5.56 Å². The summed E-state index contributed by atoms with van der Waals surface area (Å²) in [5, 5.41) is 11.1. The molecule has 1 unspecified atom stereocenters. The van der Waals surface area contributed by atoms with Crippen LogP contribution in [0.25, 0.3) is 6.08 Å². The number of carbonyl (C=O) groups is 1. The van der Waals surface area contributed by atoms with Gasteiger partial charge in [-0.2, -0.15) is 5.26 Å². The lowest BCUT2D eigenvalue weighted by Gasteiger charge is -2.14. The number of nitriles is 1. The molecule has 0 spiro atoms. The molecule has 0 fully saturated rings. The molecule has 1 atom stereocenters. The minimum Gasteiger partial charge on any atom is -0.343 e. The Labute approximate surface area is 160 Å². The van der Waals surface area contributed by atoms with Crippen molar-refractivity contribution in [1.29, 1.82) is 5.26 Å². The van der Waals surface area contributed by atoms with Gasteiger partial charge in [-0.3, -0.25) is 4.79 Å². The van der Waals surface area contributed by atoms with E-state index in [9.17, 15) is 13.2 Å². The maximum Gasteiger partial charge on any atom is 0.225 e. The van der Waals surface area contributed by atoms with Crippen LogP contribution in [0.15, 0.2) is 66.7 Å². The lowest BCUT2D eigenvalue weighted by molar-refractivity contribution is -0.124. The minimum atomic E-state index is -3.48. The number of nitrogens with one attached hydrogen (secondary N) is 1. The van der Waals surface area contributed by atoms with E-state index in [1.807, 2.05) is 48.5 Å². The van der Waals surface area contributed by atoms with Crippen LogP contribution in [0.4, 0.5) is 0 Å². The first-order valence-electron chi connectivity index (χ1n) is 8.61. The Hall–Kier alpha value is -2.91. The molecule has 27 heavy (non-hydrogen) atoms. The Morgan fingerprint density at radius 2 is 1.70 bits per heavy atom. The molecule has 6 heteroatoms. The van der Waals surface area contributed by atoms with Crippen LogP contribution in [-0.4, -0.2) is 26.6 Å². The van der Waals surface area contributed by atoms with Crippen LogP contribution in [-0.2, 0) is 20.4 Å². The largest absolute Gasteiger partial charge is 0.343 e. The second-order valence-corrected chi connectivity index (χ2v) is 8.27. The molecule has 0 aliphatic carbocycles. The van der Waals surface area contributed by atoms with Crippen molar-refractivity contribution in [2.45, 2.75) is 12.2 Å².